The maximum absolute atomic E-state index is 5.34. The molecule has 0 saturated carbocycles. The number of piperidine rings is 1. The van der Waals surface area contributed by atoms with Gasteiger partial charge in [-0.15, -0.1) is 0 Å². The minimum absolute atomic E-state index is 0.575. The lowest BCUT2D eigenvalue weighted by Gasteiger charge is -2.33. The van der Waals surface area contributed by atoms with E-state index in [2.05, 4.69) is 42.7 Å². The lowest BCUT2D eigenvalue weighted by Crippen LogP contribution is -2.38. The molecule has 18 heavy (non-hydrogen) atoms. The highest BCUT2D eigenvalue weighted by Gasteiger charge is 2.23. The van der Waals surface area contributed by atoms with Gasteiger partial charge < -0.3 is 4.52 Å². The van der Waals surface area contributed by atoms with Crippen molar-refractivity contribution in [1.82, 2.24) is 15.0 Å². The monoisotopic (exact) mass is 251 g/mol. The highest BCUT2D eigenvalue weighted by atomic mass is 16.5. The van der Waals surface area contributed by atoms with Crippen molar-refractivity contribution in [3.05, 3.63) is 11.7 Å². The summed E-state index contributed by atoms with van der Waals surface area (Å²) < 4.78 is 5.34. The molecular formula is C14H25N3O. The van der Waals surface area contributed by atoms with Crippen molar-refractivity contribution in [3.8, 4) is 0 Å². The molecule has 2 atom stereocenters. The van der Waals surface area contributed by atoms with Gasteiger partial charge in [0.25, 0.3) is 0 Å². The first kappa shape index (κ1) is 13.5. The van der Waals surface area contributed by atoms with Crippen LogP contribution in [0.2, 0.25) is 0 Å². The highest BCUT2D eigenvalue weighted by molar-refractivity contribution is 4.88. The summed E-state index contributed by atoms with van der Waals surface area (Å²) in [4.78, 5) is 6.91. The smallest absolute Gasteiger partial charge is 0.240 e. The van der Waals surface area contributed by atoms with E-state index in [1.54, 1.807) is 0 Å². The average Bonchev–Trinajstić information content (AvgIpc) is 2.62. The van der Waals surface area contributed by atoms with Crippen molar-refractivity contribution < 1.29 is 4.52 Å². The zero-order valence-corrected chi connectivity index (χ0v) is 12.0. The molecule has 0 bridgehead atoms. The Hall–Kier alpha value is -0.900. The van der Waals surface area contributed by atoms with E-state index in [1.165, 1.54) is 6.42 Å². The summed E-state index contributed by atoms with van der Waals surface area (Å²) in [5, 5.41) is 4.05. The molecular weight excluding hydrogens is 226 g/mol. The van der Waals surface area contributed by atoms with Gasteiger partial charge in [-0.2, -0.15) is 4.98 Å². The van der Waals surface area contributed by atoms with E-state index < -0.39 is 0 Å². The maximum atomic E-state index is 5.34. The molecule has 2 unspecified atom stereocenters. The predicted molar refractivity (Wildman–Crippen MR) is 71.1 cm³/mol. The fourth-order valence-electron chi connectivity index (χ4n) is 2.91. The molecule has 1 aliphatic rings. The van der Waals surface area contributed by atoms with Crippen LogP contribution in [0, 0.1) is 17.8 Å². The number of aromatic nitrogens is 2. The van der Waals surface area contributed by atoms with Crippen LogP contribution in [0.15, 0.2) is 4.52 Å². The van der Waals surface area contributed by atoms with Crippen molar-refractivity contribution in [1.29, 1.82) is 0 Å². The Morgan fingerprint density at radius 2 is 1.94 bits per heavy atom. The van der Waals surface area contributed by atoms with E-state index in [9.17, 15) is 0 Å². The Labute approximate surface area is 110 Å². The standard InChI is InChI=1S/C14H25N3O/c1-10(2)5-13-15-14(18-16-13)9-17-7-11(3)6-12(4)8-17/h10-12H,5-9H2,1-4H3. The van der Waals surface area contributed by atoms with E-state index in [0.29, 0.717) is 5.92 Å². The summed E-state index contributed by atoms with van der Waals surface area (Å²) in [6.07, 6.45) is 2.23. The van der Waals surface area contributed by atoms with Crippen molar-refractivity contribution in [2.45, 2.75) is 47.1 Å². The second kappa shape index (κ2) is 5.83. The number of rotatable bonds is 4. The first-order chi connectivity index (χ1) is 8.52. The van der Waals surface area contributed by atoms with Gasteiger partial charge in [0.15, 0.2) is 5.82 Å². The van der Waals surface area contributed by atoms with Gasteiger partial charge in [0.2, 0.25) is 5.89 Å². The zero-order chi connectivity index (χ0) is 13.1. The molecule has 1 aromatic heterocycles. The second-order valence-corrected chi connectivity index (χ2v) is 6.34. The predicted octanol–water partition coefficient (Wildman–Crippen LogP) is 2.75. The third-order valence-corrected chi connectivity index (χ3v) is 3.40. The van der Waals surface area contributed by atoms with E-state index >= 15 is 0 Å². The molecule has 2 heterocycles. The molecule has 1 saturated heterocycles. The molecule has 0 radical (unpaired) electrons. The Balaban J connectivity index is 1.90. The van der Waals surface area contributed by atoms with Crippen molar-refractivity contribution in [2.75, 3.05) is 13.1 Å². The third-order valence-electron chi connectivity index (χ3n) is 3.40. The Bertz CT molecular complexity index is 365. The number of hydrogen-bond acceptors (Lipinski definition) is 4. The second-order valence-electron chi connectivity index (χ2n) is 6.34. The minimum atomic E-state index is 0.575. The van der Waals surface area contributed by atoms with Crippen molar-refractivity contribution in [3.63, 3.8) is 0 Å². The van der Waals surface area contributed by atoms with Gasteiger partial charge in [0, 0.05) is 19.5 Å². The molecule has 0 spiro atoms. The quantitative estimate of drug-likeness (QED) is 0.825. The lowest BCUT2D eigenvalue weighted by molar-refractivity contribution is 0.121. The highest BCUT2D eigenvalue weighted by Crippen LogP contribution is 2.22. The van der Waals surface area contributed by atoms with E-state index in [4.69, 9.17) is 4.52 Å². The van der Waals surface area contributed by atoms with Gasteiger partial charge in [-0.05, 0) is 24.2 Å². The normalized spacial score (nSPS) is 25.8. The molecule has 0 aromatic carbocycles. The van der Waals surface area contributed by atoms with Gasteiger partial charge >= 0.3 is 0 Å². The van der Waals surface area contributed by atoms with Gasteiger partial charge in [-0.3, -0.25) is 4.90 Å². The molecule has 4 heteroatoms. The van der Waals surface area contributed by atoms with Crippen LogP contribution in [0.5, 0.6) is 0 Å². The van der Waals surface area contributed by atoms with Crippen LogP contribution in [0.25, 0.3) is 0 Å². The van der Waals surface area contributed by atoms with Gasteiger partial charge in [-0.25, -0.2) is 0 Å². The van der Waals surface area contributed by atoms with Crippen LogP contribution in [0.1, 0.15) is 45.8 Å². The van der Waals surface area contributed by atoms with Crippen LogP contribution in [-0.4, -0.2) is 28.1 Å². The lowest BCUT2D eigenvalue weighted by atomic mass is 9.92. The van der Waals surface area contributed by atoms with Crippen LogP contribution in [0.4, 0.5) is 0 Å². The summed E-state index contributed by atoms with van der Waals surface area (Å²) in [7, 11) is 0. The number of likely N-dealkylation sites (tertiary alicyclic amines) is 1. The van der Waals surface area contributed by atoms with Crippen molar-refractivity contribution in [2.24, 2.45) is 17.8 Å². The fourth-order valence-corrected chi connectivity index (χ4v) is 2.91. The number of nitrogens with zero attached hydrogens (tertiary/aromatic N) is 3. The maximum Gasteiger partial charge on any atom is 0.240 e. The summed E-state index contributed by atoms with van der Waals surface area (Å²) >= 11 is 0. The van der Waals surface area contributed by atoms with Gasteiger partial charge in [-0.1, -0.05) is 32.9 Å². The first-order valence-corrected chi connectivity index (χ1v) is 7.06. The Morgan fingerprint density at radius 1 is 1.28 bits per heavy atom. The zero-order valence-electron chi connectivity index (χ0n) is 12.0. The Kier molecular flexibility index (Phi) is 4.38. The largest absolute Gasteiger partial charge is 0.338 e. The molecule has 0 N–H and O–H groups in total. The molecule has 1 aliphatic heterocycles. The molecule has 1 fully saturated rings. The van der Waals surface area contributed by atoms with Gasteiger partial charge in [0.1, 0.15) is 0 Å². The van der Waals surface area contributed by atoms with Crippen LogP contribution >= 0.6 is 0 Å². The SMILES string of the molecule is CC(C)Cc1noc(CN2CC(C)CC(C)C2)n1. The van der Waals surface area contributed by atoms with Gasteiger partial charge in [0.05, 0.1) is 6.54 Å². The van der Waals surface area contributed by atoms with Crippen LogP contribution < -0.4 is 0 Å². The topological polar surface area (TPSA) is 42.2 Å². The summed E-state index contributed by atoms with van der Waals surface area (Å²) in [6, 6.07) is 0. The van der Waals surface area contributed by atoms with Crippen molar-refractivity contribution >= 4 is 0 Å². The van der Waals surface area contributed by atoms with E-state index in [1.807, 2.05) is 0 Å². The fraction of sp³-hybridized carbons (Fsp3) is 0.857. The molecule has 1 aromatic rings. The molecule has 102 valence electrons. The molecule has 0 aliphatic carbocycles. The Morgan fingerprint density at radius 3 is 2.56 bits per heavy atom. The van der Waals surface area contributed by atoms with Crippen LogP contribution in [0.3, 0.4) is 0 Å². The molecule has 2 rings (SSSR count). The summed E-state index contributed by atoms with van der Waals surface area (Å²) in [5.41, 5.74) is 0. The summed E-state index contributed by atoms with van der Waals surface area (Å²) in [5.74, 6) is 3.73. The molecule has 4 nitrogen and oxygen atoms in total. The van der Waals surface area contributed by atoms with E-state index in [-0.39, 0.29) is 0 Å². The molecule has 0 amide bonds. The first-order valence-electron chi connectivity index (χ1n) is 7.06. The van der Waals surface area contributed by atoms with Crippen LogP contribution in [-0.2, 0) is 13.0 Å². The third kappa shape index (κ3) is 3.80. The number of hydrogen-bond donors (Lipinski definition) is 0. The summed E-state index contributed by atoms with van der Waals surface area (Å²) in [6.45, 7) is 12.1. The van der Waals surface area contributed by atoms with E-state index in [0.717, 1.165) is 49.6 Å². The average molecular weight is 251 g/mol. The minimum Gasteiger partial charge on any atom is -0.338 e.